The lowest BCUT2D eigenvalue weighted by atomic mass is 9.94. The molecule has 2 unspecified atom stereocenters. The second-order valence-corrected chi connectivity index (χ2v) is 5.62. The van der Waals surface area contributed by atoms with Crippen molar-refractivity contribution in [2.24, 2.45) is 15.9 Å². The molecule has 0 amide bonds. The van der Waals surface area contributed by atoms with Crippen molar-refractivity contribution in [3.8, 4) is 0 Å². The Morgan fingerprint density at radius 2 is 2.27 bits per heavy atom. The number of pyridine rings is 1. The van der Waals surface area contributed by atoms with Crippen molar-refractivity contribution in [3.63, 3.8) is 0 Å². The lowest BCUT2D eigenvalue weighted by Crippen LogP contribution is -2.23. The number of nitrogens with zero attached hydrogens (tertiary/aromatic N) is 3. The minimum Gasteiger partial charge on any atom is -0.377 e. The van der Waals surface area contributed by atoms with E-state index in [-0.39, 0.29) is 6.04 Å². The molecule has 0 spiro atoms. The number of allylic oxidation sites excluding steroid dienone is 3. The van der Waals surface area contributed by atoms with Gasteiger partial charge in [0.2, 0.25) is 0 Å². The highest BCUT2D eigenvalue weighted by Crippen LogP contribution is 2.19. The molecule has 0 fully saturated rings. The topological polar surface area (TPSA) is 49.6 Å². The standard InChI is InChI=1S/C18H20N4/c1-13-5-6-14(2)17(10-13)22-18-12-21-16(7-9-20-18)15-4-3-8-19-11-15/h3-11,14,17,21H,12H2,1-2H3. The van der Waals surface area contributed by atoms with E-state index in [1.165, 1.54) is 5.57 Å². The van der Waals surface area contributed by atoms with Gasteiger partial charge in [0, 0.05) is 35.8 Å². The molecule has 1 aliphatic carbocycles. The first-order chi connectivity index (χ1) is 10.7. The van der Waals surface area contributed by atoms with E-state index in [1.54, 1.807) is 12.4 Å². The van der Waals surface area contributed by atoms with Gasteiger partial charge in [-0.15, -0.1) is 0 Å². The summed E-state index contributed by atoms with van der Waals surface area (Å²) in [6, 6.07) is 4.12. The minimum atomic E-state index is 0.166. The maximum atomic E-state index is 4.79. The molecule has 1 N–H and O–H groups in total. The Labute approximate surface area is 131 Å². The Kier molecular flexibility index (Phi) is 4.28. The van der Waals surface area contributed by atoms with Crippen LogP contribution in [-0.4, -0.2) is 29.6 Å². The molecule has 2 aliphatic rings. The summed E-state index contributed by atoms with van der Waals surface area (Å²) in [6.45, 7) is 4.91. The fraction of sp³-hybridized carbons (Fsp3) is 0.278. The number of hydrogen-bond acceptors (Lipinski definition) is 3. The van der Waals surface area contributed by atoms with Crippen molar-refractivity contribution in [2.45, 2.75) is 19.9 Å². The van der Waals surface area contributed by atoms with Gasteiger partial charge in [0.1, 0.15) is 5.84 Å². The molecule has 2 atom stereocenters. The summed E-state index contributed by atoms with van der Waals surface area (Å²) in [7, 11) is 0. The third-order valence-electron chi connectivity index (χ3n) is 3.81. The number of nitrogens with one attached hydrogen (secondary N) is 1. The van der Waals surface area contributed by atoms with Crippen molar-refractivity contribution in [3.05, 3.63) is 60.0 Å². The lowest BCUT2D eigenvalue weighted by Gasteiger charge is -2.19. The summed E-state index contributed by atoms with van der Waals surface area (Å²) in [5.74, 6) is 1.23. The maximum Gasteiger partial charge on any atom is 0.143 e. The van der Waals surface area contributed by atoms with Crippen LogP contribution in [0.3, 0.4) is 0 Å². The molecular weight excluding hydrogens is 272 g/mol. The molecule has 112 valence electrons. The Bertz CT molecular complexity index is 680. The third-order valence-corrected chi connectivity index (χ3v) is 3.81. The zero-order valence-electron chi connectivity index (χ0n) is 12.9. The molecule has 1 aromatic heterocycles. The molecule has 3 rings (SSSR count). The van der Waals surface area contributed by atoms with Gasteiger partial charge in [-0.3, -0.25) is 9.98 Å². The van der Waals surface area contributed by atoms with Crippen LogP contribution in [0.5, 0.6) is 0 Å². The third kappa shape index (κ3) is 3.39. The zero-order valence-corrected chi connectivity index (χ0v) is 12.9. The summed E-state index contributed by atoms with van der Waals surface area (Å²) in [4.78, 5) is 13.4. The van der Waals surface area contributed by atoms with Crippen LogP contribution in [0.4, 0.5) is 0 Å². The molecule has 0 bridgehead atoms. The second kappa shape index (κ2) is 6.52. The summed E-state index contributed by atoms with van der Waals surface area (Å²) >= 11 is 0. The highest BCUT2D eigenvalue weighted by Gasteiger charge is 2.16. The molecule has 0 saturated carbocycles. The molecular formula is C18H20N4. The Morgan fingerprint density at radius 1 is 1.36 bits per heavy atom. The summed E-state index contributed by atoms with van der Waals surface area (Å²) in [6.07, 6.45) is 13.9. The SMILES string of the molecule is CC1=CC(N=C2CNC(c3cccnc3)=CC=N2)C(C)C=C1. The second-order valence-electron chi connectivity index (χ2n) is 5.62. The molecule has 0 saturated heterocycles. The molecule has 22 heavy (non-hydrogen) atoms. The van der Waals surface area contributed by atoms with E-state index >= 15 is 0 Å². The normalized spacial score (nSPS) is 26.2. The first-order valence-corrected chi connectivity index (χ1v) is 7.54. The largest absolute Gasteiger partial charge is 0.377 e. The van der Waals surface area contributed by atoms with E-state index in [9.17, 15) is 0 Å². The zero-order chi connectivity index (χ0) is 15.4. The molecule has 2 heterocycles. The fourth-order valence-electron chi connectivity index (χ4n) is 2.50. The fourth-order valence-corrected chi connectivity index (χ4v) is 2.50. The van der Waals surface area contributed by atoms with Gasteiger partial charge in [0.25, 0.3) is 0 Å². The van der Waals surface area contributed by atoms with Crippen molar-refractivity contribution >= 4 is 17.7 Å². The number of aromatic nitrogens is 1. The smallest absolute Gasteiger partial charge is 0.143 e. The van der Waals surface area contributed by atoms with E-state index in [4.69, 9.17) is 4.99 Å². The molecule has 4 nitrogen and oxygen atoms in total. The Balaban J connectivity index is 1.73. The molecule has 1 aliphatic heterocycles. The first kappa shape index (κ1) is 14.4. The van der Waals surface area contributed by atoms with Gasteiger partial charge in [0.05, 0.1) is 12.6 Å². The van der Waals surface area contributed by atoms with Crippen LogP contribution in [0, 0.1) is 5.92 Å². The van der Waals surface area contributed by atoms with E-state index in [1.807, 2.05) is 24.4 Å². The van der Waals surface area contributed by atoms with Gasteiger partial charge in [-0.2, -0.15) is 0 Å². The maximum absolute atomic E-state index is 4.79. The highest BCUT2D eigenvalue weighted by molar-refractivity contribution is 5.99. The average Bonchev–Trinajstić information content (AvgIpc) is 2.77. The predicted molar refractivity (Wildman–Crippen MR) is 92.0 cm³/mol. The lowest BCUT2D eigenvalue weighted by molar-refractivity contribution is 0.621. The van der Waals surface area contributed by atoms with Gasteiger partial charge in [-0.1, -0.05) is 30.7 Å². The average molecular weight is 292 g/mol. The van der Waals surface area contributed by atoms with Crippen LogP contribution in [-0.2, 0) is 0 Å². The minimum absolute atomic E-state index is 0.166. The summed E-state index contributed by atoms with van der Waals surface area (Å²) in [5.41, 5.74) is 3.33. The van der Waals surface area contributed by atoms with E-state index in [0.717, 1.165) is 17.1 Å². The van der Waals surface area contributed by atoms with Crippen molar-refractivity contribution in [2.75, 3.05) is 6.54 Å². The van der Waals surface area contributed by atoms with Crippen LogP contribution < -0.4 is 5.32 Å². The highest BCUT2D eigenvalue weighted by atomic mass is 15.0. The Morgan fingerprint density at radius 3 is 3.09 bits per heavy atom. The van der Waals surface area contributed by atoms with Gasteiger partial charge < -0.3 is 5.32 Å². The van der Waals surface area contributed by atoms with Gasteiger partial charge >= 0.3 is 0 Å². The Hall–Kier alpha value is -2.49. The van der Waals surface area contributed by atoms with Gasteiger partial charge in [-0.05, 0) is 25.1 Å². The molecule has 1 aromatic rings. The first-order valence-electron chi connectivity index (χ1n) is 7.54. The number of rotatable bonds is 2. The van der Waals surface area contributed by atoms with Crippen LogP contribution in [0.25, 0.3) is 5.70 Å². The monoisotopic (exact) mass is 292 g/mol. The van der Waals surface area contributed by atoms with Crippen LogP contribution >= 0.6 is 0 Å². The van der Waals surface area contributed by atoms with Crippen LogP contribution in [0.1, 0.15) is 19.4 Å². The van der Waals surface area contributed by atoms with E-state index in [0.29, 0.717) is 12.5 Å². The van der Waals surface area contributed by atoms with Crippen molar-refractivity contribution in [1.82, 2.24) is 10.3 Å². The number of amidine groups is 1. The van der Waals surface area contributed by atoms with Gasteiger partial charge in [-0.25, -0.2) is 4.99 Å². The molecule has 0 aromatic carbocycles. The molecule has 4 heteroatoms. The molecule has 0 radical (unpaired) electrons. The number of hydrogen-bond donors (Lipinski definition) is 1. The van der Waals surface area contributed by atoms with Crippen molar-refractivity contribution in [1.29, 1.82) is 0 Å². The van der Waals surface area contributed by atoms with Crippen LogP contribution in [0.2, 0.25) is 0 Å². The van der Waals surface area contributed by atoms with Gasteiger partial charge in [0.15, 0.2) is 0 Å². The summed E-state index contributed by atoms with van der Waals surface area (Å²) < 4.78 is 0. The van der Waals surface area contributed by atoms with Crippen LogP contribution in [0.15, 0.2) is 64.4 Å². The predicted octanol–water partition coefficient (Wildman–Crippen LogP) is 3.02. The van der Waals surface area contributed by atoms with Crippen molar-refractivity contribution < 1.29 is 0 Å². The quantitative estimate of drug-likeness (QED) is 0.911. The van der Waals surface area contributed by atoms with E-state index in [2.05, 4.69) is 47.4 Å². The number of aliphatic imine (C=N–C) groups is 2. The summed E-state index contributed by atoms with van der Waals surface area (Å²) in [5, 5.41) is 3.39. The van der Waals surface area contributed by atoms with E-state index < -0.39 is 0 Å².